The van der Waals surface area contributed by atoms with Crippen LogP contribution in [0.1, 0.15) is 34.1 Å². The van der Waals surface area contributed by atoms with Gasteiger partial charge in [-0.25, -0.2) is 18.7 Å². The zero-order valence-corrected chi connectivity index (χ0v) is 17.4. The minimum absolute atomic E-state index is 0.0844. The van der Waals surface area contributed by atoms with E-state index in [0.29, 0.717) is 28.2 Å². The Labute approximate surface area is 179 Å². The first-order chi connectivity index (χ1) is 14.7. The molecule has 0 bridgehead atoms. The highest BCUT2D eigenvalue weighted by Crippen LogP contribution is 2.31. The van der Waals surface area contributed by atoms with Crippen LogP contribution in [-0.2, 0) is 5.92 Å². The Morgan fingerprint density at radius 3 is 2.45 bits per heavy atom. The van der Waals surface area contributed by atoms with E-state index in [9.17, 15) is 13.6 Å². The molecule has 0 aliphatic rings. The fourth-order valence-electron chi connectivity index (χ4n) is 3.53. The van der Waals surface area contributed by atoms with Crippen LogP contribution in [0.2, 0.25) is 0 Å². The minimum Gasteiger partial charge on any atom is -0.306 e. The summed E-state index contributed by atoms with van der Waals surface area (Å²) in [5.41, 5.74) is 3.68. The molecule has 0 saturated carbocycles. The molecule has 4 aromatic rings. The Bertz CT molecular complexity index is 1280. The normalized spacial score (nSPS) is 11.5. The van der Waals surface area contributed by atoms with Crippen molar-refractivity contribution in [1.82, 2.24) is 9.97 Å². The lowest BCUT2D eigenvalue weighted by Crippen LogP contribution is -2.14. The number of benzene rings is 2. The Morgan fingerprint density at radius 1 is 0.935 bits per heavy atom. The summed E-state index contributed by atoms with van der Waals surface area (Å²) < 4.78 is 27.5. The van der Waals surface area contributed by atoms with Crippen molar-refractivity contribution >= 4 is 22.6 Å². The van der Waals surface area contributed by atoms with Crippen molar-refractivity contribution in [2.75, 3.05) is 5.32 Å². The molecular weight excluding hydrogens is 396 g/mol. The molecule has 2 aromatic heterocycles. The number of para-hydroxylation sites is 1. The molecule has 31 heavy (non-hydrogen) atoms. The average molecular weight is 417 g/mol. The summed E-state index contributed by atoms with van der Waals surface area (Å²) in [5.74, 6) is -2.81. The number of hydrogen-bond acceptors (Lipinski definition) is 3. The Kier molecular flexibility index (Phi) is 5.23. The van der Waals surface area contributed by atoms with E-state index in [1.807, 2.05) is 32.0 Å². The van der Waals surface area contributed by atoms with Crippen LogP contribution in [0, 0.1) is 13.8 Å². The number of carbonyl (C=O) groups is 1. The molecule has 0 saturated heterocycles. The molecular formula is C25H21F2N3O. The van der Waals surface area contributed by atoms with Gasteiger partial charge < -0.3 is 5.32 Å². The second-order valence-electron chi connectivity index (χ2n) is 7.67. The maximum absolute atomic E-state index is 13.8. The molecule has 0 radical (unpaired) electrons. The first-order valence-electron chi connectivity index (χ1n) is 9.86. The second-order valence-corrected chi connectivity index (χ2v) is 7.67. The van der Waals surface area contributed by atoms with Crippen molar-refractivity contribution in [3.63, 3.8) is 0 Å². The third kappa shape index (κ3) is 4.43. The monoisotopic (exact) mass is 417 g/mol. The number of fused-ring (bicyclic) bond motifs is 1. The van der Waals surface area contributed by atoms with E-state index >= 15 is 0 Å². The number of amides is 1. The maximum Gasteiger partial charge on any atom is 0.270 e. The Morgan fingerprint density at radius 2 is 1.71 bits per heavy atom. The van der Waals surface area contributed by atoms with Gasteiger partial charge in [0.2, 0.25) is 0 Å². The van der Waals surface area contributed by atoms with Gasteiger partial charge in [0, 0.05) is 29.1 Å². The summed E-state index contributed by atoms with van der Waals surface area (Å²) >= 11 is 0. The lowest BCUT2D eigenvalue weighted by Gasteiger charge is -2.13. The summed E-state index contributed by atoms with van der Waals surface area (Å²) in [6.45, 7) is 4.66. The Balaban J connectivity index is 1.75. The number of hydrogen-bond donors (Lipinski definition) is 1. The van der Waals surface area contributed by atoms with Crippen molar-refractivity contribution in [3.8, 4) is 11.3 Å². The highest BCUT2D eigenvalue weighted by molar-refractivity contribution is 6.11. The predicted octanol–water partition coefficient (Wildman–Crippen LogP) is 6.28. The van der Waals surface area contributed by atoms with Gasteiger partial charge in [0.15, 0.2) is 0 Å². The molecule has 156 valence electrons. The van der Waals surface area contributed by atoms with Crippen molar-refractivity contribution in [2.24, 2.45) is 0 Å². The zero-order valence-electron chi connectivity index (χ0n) is 17.4. The van der Waals surface area contributed by atoms with E-state index in [2.05, 4.69) is 15.3 Å². The van der Waals surface area contributed by atoms with Crippen molar-refractivity contribution in [1.29, 1.82) is 0 Å². The number of aryl methyl sites for hydroxylation is 2. The highest BCUT2D eigenvalue weighted by Gasteiger charge is 2.24. The van der Waals surface area contributed by atoms with Gasteiger partial charge in [0.1, 0.15) is 5.82 Å². The molecule has 4 rings (SSSR count). The lowest BCUT2D eigenvalue weighted by molar-refractivity contribution is 0.0175. The number of nitrogens with one attached hydrogen (secondary N) is 1. The number of rotatable bonds is 4. The van der Waals surface area contributed by atoms with Gasteiger partial charge in [-0.3, -0.25) is 4.79 Å². The van der Waals surface area contributed by atoms with Crippen LogP contribution < -0.4 is 5.32 Å². The summed E-state index contributed by atoms with van der Waals surface area (Å²) in [7, 11) is 0. The van der Waals surface area contributed by atoms with E-state index < -0.39 is 5.92 Å². The topological polar surface area (TPSA) is 54.9 Å². The first kappa shape index (κ1) is 20.6. The van der Waals surface area contributed by atoms with Crippen LogP contribution in [-0.4, -0.2) is 15.9 Å². The van der Waals surface area contributed by atoms with Crippen molar-refractivity contribution < 1.29 is 13.6 Å². The number of carbonyl (C=O) groups excluding carboxylic acids is 1. The molecule has 4 nitrogen and oxygen atoms in total. The number of alkyl halides is 2. The van der Waals surface area contributed by atoms with Gasteiger partial charge in [-0.1, -0.05) is 36.4 Å². The van der Waals surface area contributed by atoms with Gasteiger partial charge in [0.25, 0.3) is 11.8 Å². The van der Waals surface area contributed by atoms with E-state index in [0.717, 1.165) is 23.6 Å². The zero-order chi connectivity index (χ0) is 22.2. The van der Waals surface area contributed by atoms with Gasteiger partial charge in [-0.2, -0.15) is 0 Å². The minimum atomic E-state index is -2.95. The molecule has 1 N–H and O–H groups in total. The van der Waals surface area contributed by atoms with Gasteiger partial charge in [-0.05, 0) is 49.7 Å². The molecule has 2 aromatic carbocycles. The van der Waals surface area contributed by atoms with Crippen LogP contribution in [0.5, 0.6) is 0 Å². The molecule has 0 spiro atoms. The molecule has 0 fully saturated rings. The average Bonchev–Trinajstić information content (AvgIpc) is 2.71. The molecule has 0 aliphatic carbocycles. The van der Waals surface area contributed by atoms with Gasteiger partial charge in [-0.15, -0.1) is 0 Å². The summed E-state index contributed by atoms with van der Waals surface area (Å²) in [5, 5.41) is 3.61. The number of aromatic nitrogens is 2. The fraction of sp³-hybridized carbons (Fsp3) is 0.160. The van der Waals surface area contributed by atoms with E-state index in [-0.39, 0.29) is 11.5 Å². The number of halogens is 2. The standard InChI is InChI=1S/C25H21F2N3O/c1-15-12-16(2)28-22(13-15)30-24(31)20-9-5-6-17-10-11-21(29-23(17)20)18-7-4-8-19(14-18)25(3,26)27/h4-14H,1-3H3,(H,28,30,31). The second kappa shape index (κ2) is 7.87. The van der Waals surface area contributed by atoms with Crippen LogP contribution in [0.25, 0.3) is 22.2 Å². The quantitative estimate of drug-likeness (QED) is 0.425. The maximum atomic E-state index is 13.8. The number of anilines is 1. The third-order valence-corrected chi connectivity index (χ3v) is 4.97. The van der Waals surface area contributed by atoms with Crippen molar-refractivity contribution in [2.45, 2.75) is 26.7 Å². The molecule has 6 heteroatoms. The fourth-order valence-corrected chi connectivity index (χ4v) is 3.53. The third-order valence-electron chi connectivity index (χ3n) is 4.97. The largest absolute Gasteiger partial charge is 0.306 e. The predicted molar refractivity (Wildman–Crippen MR) is 118 cm³/mol. The number of nitrogens with zero attached hydrogens (tertiary/aromatic N) is 2. The van der Waals surface area contributed by atoms with E-state index in [1.165, 1.54) is 12.1 Å². The van der Waals surface area contributed by atoms with Crippen LogP contribution in [0.3, 0.4) is 0 Å². The van der Waals surface area contributed by atoms with Gasteiger partial charge >= 0.3 is 0 Å². The summed E-state index contributed by atoms with van der Waals surface area (Å²) in [4.78, 5) is 22.0. The molecule has 0 aliphatic heterocycles. The molecule has 0 unspecified atom stereocenters. The smallest absolute Gasteiger partial charge is 0.270 e. The highest BCUT2D eigenvalue weighted by atomic mass is 19.3. The summed E-state index contributed by atoms with van der Waals surface area (Å²) in [6, 6.07) is 18.8. The first-order valence-corrected chi connectivity index (χ1v) is 9.86. The van der Waals surface area contributed by atoms with Crippen LogP contribution in [0.4, 0.5) is 14.6 Å². The van der Waals surface area contributed by atoms with Crippen LogP contribution >= 0.6 is 0 Å². The molecule has 1 amide bonds. The lowest BCUT2D eigenvalue weighted by atomic mass is 10.0. The SMILES string of the molecule is Cc1cc(C)nc(NC(=O)c2cccc3ccc(-c4cccc(C(C)(F)F)c4)nc23)c1. The Hall–Kier alpha value is -3.67. The van der Waals surface area contributed by atoms with E-state index in [1.54, 1.807) is 36.4 Å². The van der Waals surface area contributed by atoms with Gasteiger partial charge in [0.05, 0.1) is 16.8 Å². The molecule has 2 heterocycles. The van der Waals surface area contributed by atoms with E-state index in [4.69, 9.17) is 0 Å². The number of pyridine rings is 2. The van der Waals surface area contributed by atoms with Crippen LogP contribution in [0.15, 0.2) is 66.7 Å². The molecule has 0 atom stereocenters. The summed E-state index contributed by atoms with van der Waals surface area (Å²) in [6.07, 6.45) is 0. The van der Waals surface area contributed by atoms with Crippen molar-refractivity contribution in [3.05, 3.63) is 89.1 Å².